The van der Waals surface area contributed by atoms with Gasteiger partial charge in [-0.1, -0.05) is 24.3 Å². The summed E-state index contributed by atoms with van der Waals surface area (Å²) in [6, 6.07) is 31.9. The molecule has 1 aliphatic heterocycles. The van der Waals surface area contributed by atoms with Crippen LogP contribution in [0, 0.1) is 12.1 Å². The van der Waals surface area contributed by atoms with Crippen LogP contribution in [0.1, 0.15) is 22.5 Å². The summed E-state index contributed by atoms with van der Waals surface area (Å²) in [5, 5.41) is 0. The van der Waals surface area contributed by atoms with Gasteiger partial charge in [-0.25, -0.2) is 0 Å². The summed E-state index contributed by atoms with van der Waals surface area (Å²) >= 11 is 0. The van der Waals surface area contributed by atoms with Crippen molar-refractivity contribution in [2.24, 2.45) is 0 Å². The summed E-state index contributed by atoms with van der Waals surface area (Å²) in [6.07, 6.45) is 1.50. The Bertz CT molecular complexity index is 929. The smallest absolute Gasteiger partial charge is 0.301 e. The molecule has 1 aliphatic rings. The topological polar surface area (TPSA) is 25.8 Å². The van der Waals surface area contributed by atoms with E-state index in [1.807, 2.05) is 12.1 Å². The van der Waals surface area contributed by atoms with E-state index >= 15 is 0 Å². The summed E-state index contributed by atoms with van der Waals surface area (Å²) in [7, 11) is 0. The van der Waals surface area contributed by atoms with Crippen LogP contribution in [0.4, 0.5) is 0 Å². The molecule has 5 rings (SSSR count). The third-order valence-electron chi connectivity index (χ3n) is 4.62. The molecule has 0 spiro atoms. The summed E-state index contributed by atoms with van der Waals surface area (Å²) < 4.78 is 0. The van der Waals surface area contributed by atoms with Gasteiger partial charge in [0.1, 0.15) is 0 Å². The molecule has 0 unspecified atom stereocenters. The number of hydrogen-bond acceptors (Lipinski definition) is 2. The maximum atomic E-state index is 4.85. The van der Waals surface area contributed by atoms with Gasteiger partial charge < -0.3 is 9.97 Å². The normalized spacial score (nSPS) is 11.9. The second-order valence-corrected chi connectivity index (χ2v) is 6.56. The van der Waals surface area contributed by atoms with Crippen LogP contribution in [0.3, 0.4) is 0 Å². The molecule has 2 nitrogen and oxygen atoms in total. The number of rotatable bonds is 0. The predicted molar refractivity (Wildman–Crippen MR) is 103 cm³/mol. The molecule has 0 saturated heterocycles. The van der Waals surface area contributed by atoms with Gasteiger partial charge in [-0.15, -0.1) is 70.8 Å². The molecule has 27 heavy (non-hydrogen) atoms. The van der Waals surface area contributed by atoms with Gasteiger partial charge in [-0.3, -0.25) is 0 Å². The molecule has 0 radical (unpaired) electrons. The Hall–Kier alpha value is -2.60. The van der Waals surface area contributed by atoms with E-state index in [2.05, 4.69) is 72.8 Å². The van der Waals surface area contributed by atoms with E-state index in [0.717, 1.165) is 57.9 Å². The number of nitrogens with zero attached hydrogens (tertiary/aromatic N) is 2. The van der Waals surface area contributed by atoms with E-state index in [0.29, 0.717) is 0 Å². The van der Waals surface area contributed by atoms with Gasteiger partial charge in [-0.05, 0) is 36.4 Å². The number of fused-ring (bicyclic) bond motifs is 10. The minimum absolute atomic E-state index is 0. The molecule has 2 aromatic carbocycles. The first-order valence-corrected chi connectivity index (χ1v) is 8.78. The Morgan fingerprint density at radius 1 is 0.556 bits per heavy atom. The molecule has 8 bridgehead atoms. The molecule has 3 heteroatoms. The van der Waals surface area contributed by atoms with E-state index < -0.39 is 0 Å². The van der Waals surface area contributed by atoms with E-state index in [4.69, 9.17) is 9.97 Å². The quantitative estimate of drug-likeness (QED) is 0.254. The molecule has 0 fully saturated rings. The minimum Gasteiger partial charge on any atom is -0.301 e. The van der Waals surface area contributed by atoms with Crippen LogP contribution in [0.2, 0.25) is 0 Å². The molecule has 2 aromatic heterocycles. The number of aromatic nitrogens is 2. The van der Waals surface area contributed by atoms with Crippen LogP contribution < -0.4 is 0 Å². The second kappa shape index (κ2) is 7.56. The van der Waals surface area contributed by atoms with Crippen LogP contribution >= 0.6 is 0 Å². The van der Waals surface area contributed by atoms with Crippen molar-refractivity contribution in [2.45, 2.75) is 12.8 Å². The van der Waals surface area contributed by atoms with Crippen molar-refractivity contribution < 1.29 is 20.4 Å². The third kappa shape index (κ3) is 3.76. The van der Waals surface area contributed by atoms with Gasteiger partial charge in [0.2, 0.25) is 0 Å². The Kier molecular flexibility index (Phi) is 4.99. The van der Waals surface area contributed by atoms with Crippen molar-refractivity contribution in [3.8, 4) is 22.5 Å². The summed E-state index contributed by atoms with van der Waals surface area (Å²) in [5.41, 5.74) is 8.27. The van der Waals surface area contributed by atoms with Gasteiger partial charge >= 0.3 is 20.4 Å². The average molecular weight is 439 g/mol. The summed E-state index contributed by atoms with van der Waals surface area (Å²) in [4.78, 5) is 9.70. The molecule has 0 saturated carbocycles. The zero-order valence-electron chi connectivity index (χ0n) is 14.6. The van der Waals surface area contributed by atoms with Gasteiger partial charge in [0, 0.05) is 11.4 Å². The van der Waals surface area contributed by atoms with E-state index in [1.54, 1.807) is 0 Å². The van der Waals surface area contributed by atoms with Crippen molar-refractivity contribution in [1.82, 2.24) is 9.97 Å². The Morgan fingerprint density at radius 3 is 1.48 bits per heavy atom. The van der Waals surface area contributed by atoms with Crippen LogP contribution in [-0.2, 0) is 33.3 Å². The van der Waals surface area contributed by atoms with Crippen LogP contribution in [0.25, 0.3) is 22.5 Å². The molecule has 0 aliphatic carbocycles. The zero-order chi connectivity index (χ0) is 17.3. The molecular formula is C24H16N2Pd. The summed E-state index contributed by atoms with van der Waals surface area (Å²) in [6.45, 7) is 0. The largest absolute Gasteiger partial charge is 2.00 e. The molecule has 3 heterocycles. The van der Waals surface area contributed by atoms with Gasteiger partial charge in [-0.2, -0.15) is 0 Å². The average Bonchev–Trinajstić information content (AvgIpc) is 2.68. The molecule has 4 aromatic rings. The molecule has 0 atom stereocenters. The third-order valence-corrected chi connectivity index (χ3v) is 4.62. The number of hydrogen-bond donors (Lipinski definition) is 0. The molecule has 132 valence electrons. The van der Waals surface area contributed by atoms with Crippen LogP contribution in [0.15, 0.2) is 72.8 Å². The fourth-order valence-corrected chi connectivity index (χ4v) is 3.39. The van der Waals surface area contributed by atoms with Crippen molar-refractivity contribution in [1.29, 1.82) is 0 Å². The van der Waals surface area contributed by atoms with E-state index in [9.17, 15) is 0 Å². The van der Waals surface area contributed by atoms with Gasteiger partial charge in [0.15, 0.2) is 0 Å². The first-order chi connectivity index (χ1) is 12.8. The zero-order valence-corrected chi connectivity index (χ0v) is 16.1. The summed E-state index contributed by atoms with van der Waals surface area (Å²) in [5.74, 6) is 0. The maximum Gasteiger partial charge on any atom is 2.00 e. The van der Waals surface area contributed by atoms with Gasteiger partial charge in [0.25, 0.3) is 0 Å². The van der Waals surface area contributed by atoms with Crippen molar-refractivity contribution >= 4 is 0 Å². The monoisotopic (exact) mass is 438 g/mol. The standard InChI is InChI=1S/C24H16N2.Pd/c1-5-17-13-19(7-1)23-11-3-10-22(25-23)16-18-6-2-8-20(14-18)24-12-4-9-21(15-17)26-24;/h1-12H,15-16H2;/q-2;+2. The number of pyridine rings is 2. The predicted octanol–water partition coefficient (Wildman–Crippen LogP) is 4.90. The Morgan fingerprint density at radius 2 is 1.00 bits per heavy atom. The molecular weight excluding hydrogens is 423 g/mol. The Balaban J connectivity index is 0.00000180. The van der Waals surface area contributed by atoms with Crippen molar-refractivity contribution in [2.75, 3.05) is 0 Å². The maximum absolute atomic E-state index is 4.85. The second-order valence-electron chi connectivity index (χ2n) is 6.56. The first kappa shape index (κ1) is 17.8. The van der Waals surface area contributed by atoms with Crippen molar-refractivity contribution in [3.63, 3.8) is 0 Å². The fourth-order valence-electron chi connectivity index (χ4n) is 3.39. The fraction of sp³-hybridized carbons (Fsp3) is 0.0833. The number of benzene rings is 2. The van der Waals surface area contributed by atoms with Crippen LogP contribution in [0.5, 0.6) is 0 Å². The van der Waals surface area contributed by atoms with E-state index in [1.165, 1.54) is 0 Å². The van der Waals surface area contributed by atoms with Crippen LogP contribution in [-0.4, -0.2) is 9.97 Å². The van der Waals surface area contributed by atoms with E-state index in [-0.39, 0.29) is 20.4 Å². The first-order valence-electron chi connectivity index (χ1n) is 8.78. The van der Waals surface area contributed by atoms with Crippen molar-refractivity contribution in [3.05, 3.63) is 107 Å². The Labute approximate surface area is 173 Å². The van der Waals surface area contributed by atoms with Gasteiger partial charge in [0.05, 0.1) is 0 Å². The molecule has 0 amide bonds. The SMILES string of the molecule is [Pd+2].[c-]1c2cccc1-c1cccc(n1)Cc1[c-]c(ccc1)-c1cccc(n1)C2. The minimum atomic E-state index is 0. The molecule has 0 N–H and O–H groups in total.